The smallest absolute Gasteiger partial charge is 0.123 e. The summed E-state index contributed by atoms with van der Waals surface area (Å²) in [6.07, 6.45) is 0.770. The van der Waals surface area contributed by atoms with Crippen molar-refractivity contribution in [2.24, 2.45) is 5.73 Å². The predicted octanol–water partition coefficient (Wildman–Crippen LogP) is 3.56. The fourth-order valence-electron chi connectivity index (χ4n) is 2.68. The Morgan fingerprint density at radius 1 is 0.952 bits per heavy atom. The maximum atomic E-state index is 6.39. The summed E-state index contributed by atoms with van der Waals surface area (Å²) in [5, 5.41) is 0. The van der Waals surface area contributed by atoms with Gasteiger partial charge in [-0.3, -0.25) is 0 Å². The lowest BCUT2D eigenvalue weighted by Crippen LogP contribution is -2.15. The number of hydrogen-bond donors (Lipinski definition) is 1. The lowest BCUT2D eigenvalue weighted by molar-refractivity contribution is 0.395. The van der Waals surface area contributed by atoms with Crippen molar-refractivity contribution in [3.05, 3.63) is 58.7 Å². The van der Waals surface area contributed by atoms with Gasteiger partial charge in [-0.25, -0.2) is 0 Å². The van der Waals surface area contributed by atoms with Crippen LogP contribution in [0.4, 0.5) is 0 Å². The Kier molecular flexibility index (Phi) is 4.86. The maximum absolute atomic E-state index is 6.39. The molecule has 0 aliphatic rings. The van der Waals surface area contributed by atoms with E-state index < -0.39 is 0 Å². The van der Waals surface area contributed by atoms with Crippen LogP contribution in [0.25, 0.3) is 0 Å². The molecule has 3 nitrogen and oxygen atoms in total. The van der Waals surface area contributed by atoms with Crippen molar-refractivity contribution >= 4 is 0 Å². The maximum Gasteiger partial charge on any atom is 0.123 e. The number of methoxy groups -OCH3 is 2. The number of ether oxygens (including phenoxy) is 2. The molecule has 0 bridgehead atoms. The largest absolute Gasteiger partial charge is 0.497 e. The summed E-state index contributed by atoms with van der Waals surface area (Å²) in [5.41, 5.74) is 11.1. The Hall–Kier alpha value is -2.00. The minimum absolute atomic E-state index is 0.128. The average molecular weight is 285 g/mol. The van der Waals surface area contributed by atoms with Gasteiger partial charge in [0.1, 0.15) is 11.5 Å². The normalized spacial score (nSPS) is 12.0. The summed E-state index contributed by atoms with van der Waals surface area (Å²) in [5.74, 6) is 1.59. The molecule has 0 aliphatic carbocycles. The van der Waals surface area contributed by atoms with E-state index in [0.717, 1.165) is 23.5 Å². The molecule has 112 valence electrons. The molecular weight excluding hydrogens is 262 g/mol. The van der Waals surface area contributed by atoms with Gasteiger partial charge in [0.05, 0.1) is 14.2 Å². The first-order valence-corrected chi connectivity index (χ1v) is 7.08. The molecule has 0 fully saturated rings. The molecule has 0 amide bonds. The van der Waals surface area contributed by atoms with Crippen molar-refractivity contribution in [3.63, 3.8) is 0 Å². The zero-order chi connectivity index (χ0) is 15.4. The average Bonchev–Trinajstić information content (AvgIpc) is 2.45. The van der Waals surface area contributed by atoms with Crippen LogP contribution < -0.4 is 15.2 Å². The van der Waals surface area contributed by atoms with Crippen LogP contribution in [0.1, 0.15) is 28.3 Å². The Morgan fingerprint density at radius 2 is 1.62 bits per heavy atom. The van der Waals surface area contributed by atoms with Gasteiger partial charge in [0.15, 0.2) is 0 Å². The van der Waals surface area contributed by atoms with Crippen LogP contribution in [0.2, 0.25) is 0 Å². The van der Waals surface area contributed by atoms with Gasteiger partial charge in [-0.1, -0.05) is 29.3 Å². The standard InChI is InChI=1S/C18H23NO2/c1-12-7-13(2)9-14(8-12)10-17(19)16-11-15(20-3)5-6-18(16)21-4/h5-9,11,17H,10,19H2,1-4H3. The van der Waals surface area contributed by atoms with E-state index >= 15 is 0 Å². The highest BCUT2D eigenvalue weighted by Crippen LogP contribution is 2.30. The summed E-state index contributed by atoms with van der Waals surface area (Å²) < 4.78 is 10.7. The van der Waals surface area contributed by atoms with Gasteiger partial charge in [0.2, 0.25) is 0 Å². The van der Waals surface area contributed by atoms with Gasteiger partial charge < -0.3 is 15.2 Å². The minimum Gasteiger partial charge on any atom is -0.497 e. The van der Waals surface area contributed by atoms with Crippen molar-refractivity contribution in [3.8, 4) is 11.5 Å². The van der Waals surface area contributed by atoms with Crippen molar-refractivity contribution in [1.29, 1.82) is 0 Å². The zero-order valence-corrected chi connectivity index (χ0v) is 13.1. The molecule has 0 heterocycles. The second kappa shape index (κ2) is 6.64. The molecule has 0 spiro atoms. The third kappa shape index (κ3) is 3.76. The molecule has 1 atom stereocenters. The third-order valence-electron chi connectivity index (χ3n) is 3.57. The molecule has 21 heavy (non-hydrogen) atoms. The molecule has 0 aromatic heterocycles. The number of nitrogens with two attached hydrogens (primary N) is 1. The molecule has 3 heteroatoms. The second-order valence-electron chi connectivity index (χ2n) is 5.41. The fraction of sp³-hybridized carbons (Fsp3) is 0.333. The van der Waals surface area contributed by atoms with E-state index in [2.05, 4.69) is 32.0 Å². The van der Waals surface area contributed by atoms with Gasteiger partial charge in [-0.15, -0.1) is 0 Å². The SMILES string of the molecule is COc1ccc(OC)c(C(N)Cc2cc(C)cc(C)c2)c1. The number of aryl methyl sites for hydroxylation is 2. The van der Waals surface area contributed by atoms with Crippen LogP contribution in [0.15, 0.2) is 36.4 Å². The van der Waals surface area contributed by atoms with E-state index in [0.29, 0.717) is 0 Å². The molecular formula is C18H23NO2. The highest BCUT2D eigenvalue weighted by Gasteiger charge is 2.14. The molecule has 2 aromatic rings. The molecule has 2 aromatic carbocycles. The first kappa shape index (κ1) is 15.4. The quantitative estimate of drug-likeness (QED) is 0.913. The van der Waals surface area contributed by atoms with E-state index in [1.807, 2.05) is 18.2 Å². The first-order valence-electron chi connectivity index (χ1n) is 7.08. The van der Waals surface area contributed by atoms with E-state index in [4.69, 9.17) is 15.2 Å². The monoisotopic (exact) mass is 285 g/mol. The van der Waals surface area contributed by atoms with Gasteiger partial charge in [0.25, 0.3) is 0 Å². The summed E-state index contributed by atoms with van der Waals surface area (Å²) in [6, 6.07) is 12.1. The van der Waals surface area contributed by atoms with Crippen molar-refractivity contribution < 1.29 is 9.47 Å². The highest BCUT2D eigenvalue weighted by atomic mass is 16.5. The van der Waals surface area contributed by atoms with Crippen LogP contribution in [0.5, 0.6) is 11.5 Å². The Bertz CT molecular complexity index is 602. The Morgan fingerprint density at radius 3 is 2.19 bits per heavy atom. The summed E-state index contributed by atoms with van der Waals surface area (Å²) in [7, 11) is 3.32. The Balaban J connectivity index is 2.28. The van der Waals surface area contributed by atoms with Crippen LogP contribution in [0, 0.1) is 13.8 Å². The molecule has 2 N–H and O–H groups in total. The van der Waals surface area contributed by atoms with Crippen molar-refractivity contribution in [2.45, 2.75) is 26.3 Å². The predicted molar refractivity (Wildman–Crippen MR) is 86.1 cm³/mol. The van der Waals surface area contributed by atoms with Gasteiger partial charge in [-0.05, 0) is 44.0 Å². The summed E-state index contributed by atoms with van der Waals surface area (Å²) in [4.78, 5) is 0. The summed E-state index contributed by atoms with van der Waals surface area (Å²) in [6.45, 7) is 4.21. The summed E-state index contributed by atoms with van der Waals surface area (Å²) >= 11 is 0. The molecule has 0 radical (unpaired) electrons. The number of benzene rings is 2. The lowest BCUT2D eigenvalue weighted by Gasteiger charge is -2.17. The van der Waals surface area contributed by atoms with Crippen LogP contribution in [-0.4, -0.2) is 14.2 Å². The molecule has 0 saturated heterocycles. The zero-order valence-electron chi connectivity index (χ0n) is 13.1. The van der Waals surface area contributed by atoms with E-state index in [9.17, 15) is 0 Å². The van der Waals surface area contributed by atoms with E-state index in [1.54, 1.807) is 14.2 Å². The van der Waals surface area contributed by atoms with Crippen LogP contribution >= 0.6 is 0 Å². The van der Waals surface area contributed by atoms with E-state index in [1.165, 1.54) is 16.7 Å². The van der Waals surface area contributed by atoms with E-state index in [-0.39, 0.29) is 6.04 Å². The minimum atomic E-state index is -0.128. The number of rotatable bonds is 5. The lowest BCUT2D eigenvalue weighted by atomic mass is 9.96. The molecule has 0 saturated carbocycles. The molecule has 1 unspecified atom stereocenters. The van der Waals surface area contributed by atoms with Crippen molar-refractivity contribution in [1.82, 2.24) is 0 Å². The van der Waals surface area contributed by atoms with Crippen LogP contribution in [0.3, 0.4) is 0 Å². The fourth-order valence-corrected chi connectivity index (χ4v) is 2.68. The van der Waals surface area contributed by atoms with Gasteiger partial charge in [0, 0.05) is 11.6 Å². The Labute approximate surface area is 126 Å². The van der Waals surface area contributed by atoms with Crippen LogP contribution in [-0.2, 0) is 6.42 Å². The van der Waals surface area contributed by atoms with Gasteiger partial charge >= 0.3 is 0 Å². The third-order valence-corrected chi connectivity index (χ3v) is 3.57. The van der Waals surface area contributed by atoms with Gasteiger partial charge in [-0.2, -0.15) is 0 Å². The van der Waals surface area contributed by atoms with Crippen molar-refractivity contribution in [2.75, 3.05) is 14.2 Å². The highest BCUT2D eigenvalue weighted by molar-refractivity contribution is 5.43. The first-order chi connectivity index (χ1) is 10.0. The second-order valence-corrected chi connectivity index (χ2v) is 5.41. The topological polar surface area (TPSA) is 44.5 Å². The number of hydrogen-bond acceptors (Lipinski definition) is 3. The molecule has 0 aliphatic heterocycles. The molecule has 2 rings (SSSR count).